The minimum absolute atomic E-state index is 0.364. The zero-order valence-electron chi connectivity index (χ0n) is 13.8. The largest absolute Gasteiger partial charge is 0.493 e. The van der Waals surface area contributed by atoms with Crippen LogP contribution in [0, 0.1) is 0 Å². The van der Waals surface area contributed by atoms with Gasteiger partial charge in [-0.2, -0.15) is 4.31 Å². The number of fused-ring (bicyclic) bond motifs is 1. The van der Waals surface area contributed by atoms with E-state index in [9.17, 15) is 8.42 Å². The fourth-order valence-electron chi connectivity index (χ4n) is 2.75. The smallest absolute Gasteiger partial charge is 0.236 e. The fraction of sp³-hybridized carbons (Fsp3) is 0.263. The molecule has 0 radical (unpaired) electrons. The molecule has 2 aromatic rings. The molecule has 0 atom stereocenters. The van der Waals surface area contributed by atoms with Gasteiger partial charge in [0.05, 0.1) is 6.61 Å². The summed E-state index contributed by atoms with van der Waals surface area (Å²) >= 11 is 6.01. The van der Waals surface area contributed by atoms with Crippen molar-refractivity contribution in [2.75, 3.05) is 13.2 Å². The molecule has 0 spiro atoms. The molecular weight excluding hydrogens is 358 g/mol. The summed E-state index contributed by atoms with van der Waals surface area (Å²) in [6.07, 6.45) is 2.88. The van der Waals surface area contributed by atoms with Gasteiger partial charge in [-0.15, -0.1) is 0 Å². The van der Waals surface area contributed by atoms with E-state index in [1.54, 1.807) is 6.08 Å². The van der Waals surface area contributed by atoms with Crippen LogP contribution in [0.2, 0.25) is 5.02 Å². The topological polar surface area (TPSA) is 46.6 Å². The fourth-order valence-corrected chi connectivity index (χ4v) is 4.17. The van der Waals surface area contributed by atoms with E-state index in [0.29, 0.717) is 37.6 Å². The molecule has 1 heterocycles. The number of para-hydroxylation sites is 1. The lowest BCUT2D eigenvalue weighted by Gasteiger charge is -2.27. The van der Waals surface area contributed by atoms with Gasteiger partial charge in [-0.25, -0.2) is 8.42 Å². The van der Waals surface area contributed by atoms with Gasteiger partial charge in [0, 0.05) is 29.9 Å². The second-order valence-electron chi connectivity index (χ2n) is 5.86. The molecule has 1 aliphatic rings. The van der Waals surface area contributed by atoms with Crippen molar-refractivity contribution >= 4 is 21.6 Å². The third-order valence-electron chi connectivity index (χ3n) is 4.07. The molecule has 0 fully saturated rings. The summed E-state index contributed by atoms with van der Waals surface area (Å²) in [5.41, 5.74) is 2.14. The van der Waals surface area contributed by atoms with E-state index >= 15 is 0 Å². The Kier molecular flexibility index (Phi) is 5.78. The molecule has 132 valence electrons. The summed E-state index contributed by atoms with van der Waals surface area (Å²) in [5, 5.41) is 1.91. The maximum Gasteiger partial charge on any atom is 0.236 e. The summed E-state index contributed by atoms with van der Waals surface area (Å²) in [6, 6.07) is 15.1. The third-order valence-corrected chi connectivity index (χ3v) is 5.87. The van der Waals surface area contributed by atoms with Crippen LogP contribution in [-0.4, -0.2) is 25.9 Å². The van der Waals surface area contributed by atoms with E-state index < -0.39 is 10.0 Å². The predicted octanol–water partition coefficient (Wildman–Crippen LogP) is 4.01. The Bertz CT molecular complexity index is 850. The van der Waals surface area contributed by atoms with Gasteiger partial charge in [-0.1, -0.05) is 41.9 Å². The number of halogens is 1. The van der Waals surface area contributed by atoms with Crippen molar-refractivity contribution in [3.8, 4) is 5.75 Å². The Morgan fingerprint density at radius 2 is 1.92 bits per heavy atom. The van der Waals surface area contributed by atoms with Gasteiger partial charge in [0.25, 0.3) is 0 Å². The van der Waals surface area contributed by atoms with Crippen LogP contribution >= 0.6 is 11.6 Å². The van der Waals surface area contributed by atoms with E-state index in [1.165, 1.54) is 9.71 Å². The zero-order valence-corrected chi connectivity index (χ0v) is 15.3. The summed E-state index contributed by atoms with van der Waals surface area (Å²) in [4.78, 5) is 0. The maximum atomic E-state index is 12.5. The molecule has 0 bridgehead atoms. The summed E-state index contributed by atoms with van der Waals surface area (Å²) in [5.74, 6) is 0.781. The average Bonchev–Trinajstić information content (AvgIpc) is 2.61. The summed E-state index contributed by atoms with van der Waals surface area (Å²) in [7, 11) is -3.43. The van der Waals surface area contributed by atoms with Crippen LogP contribution < -0.4 is 4.74 Å². The maximum absolute atomic E-state index is 12.5. The molecule has 6 heteroatoms. The van der Waals surface area contributed by atoms with Crippen molar-refractivity contribution in [2.45, 2.75) is 19.4 Å². The van der Waals surface area contributed by atoms with Crippen molar-refractivity contribution in [3.63, 3.8) is 0 Å². The Hall–Kier alpha value is -1.82. The van der Waals surface area contributed by atoms with Crippen molar-refractivity contribution in [1.82, 2.24) is 4.31 Å². The average molecular weight is 378 g/mol. The van der Waals surface area contributed by atoms with Crippen LogP contribution in [0.15, 0.2) is 60.0 Å². The molecule has 25 heavy (non-hydrogen) atoms. The SMILES string of the molecule is O=S(=O)(/C=C/CCOc1ccccc1)N1CCc2ccc(Cl)cc2C1. The van der Waals surface area contributed by atoms with Crippen molar-refractivity contribution in [3.05, 3.63) is 76.2 Å². The van der Waals surface area contributed by atoms with Crippen molar-refractivity contribution in [1.29, 1.82) is 0 Å². The quantitative estimate of drug-likeness (QED) is 0.714. The van der Waals surface area contributed by atoms with Crippen LogP contribution in [-0.2, 0) is 23.0 Å². The molecule has 1 aliphatic heterocycles. The number of ether oxygens (including phenoxy) is 1. The monoisotopic (exact) mass is 377 g/mol. The lowest BCUT2D eigenvalue weighted by atomic mass is 10.0. The van der Waals surface area contributed by atoms with Gasteiger partial charge in [-0.3, -0.25) is 0 Å². The van der Waals surface area contributed by atoms with E-state index in [1.807, 2.05) is 48.5 Å². The van der Waals surface area contributed by atoms with E-state index in [-0.39, 0.29) is 0 Å². The number of benzene rings is 2. The molecular formula is C19H20ClNO3S. The summed E-state index contributed by atoms with van der Waals surface area (Å²) < 4.78 is 32.0. The molecule has 0 saturated heterocycles. The molecule has 0 N–H and O–H groups in total. The lowest BCUT2D eigenvalue weighted by Crippen LogP contribution is -2.34. The van der Waals surface area contributed by atoms with E-state index in [2.05, 4.69) is 0 Å². The molecule has 0 aliphatic carbocycles. The van der Waals surface area contributed by atoms with Crippen molar-refractivity contribution < 1.29 is 13.2 Å². The number of hydrogen-bond acceptors (Lipinski definition) is 3. The van der Waals surface area contributed by atoms with Crippen LogP contribution in [0.25, 0.3) is 0 Å². The second kappa shape index (κ2) is 8.04. The first-order chi connectivity index (χ1) is 12.0. The number of hydrogen-bond donors (Lipinski definition) is 0. The van der Waals surface area contributed by atoms with Gasteiger partial charge in [0.2, 0.25) is 10.0 Å². The van der Waals surface area contributed by atoms with Gasteiger partial charge >= 0.3 is 0 Å². The van der Waals surface area contributed by atoms with Gasteiger partial charge in [0.1, 0.15) is 5.75 Å². The minimum Gasteiger partial charge on any atom is -0.493 e. The molecule has 0 unspecified atom stereocenters. The Morgan fingerprint density at radius 1 is 1.12 bits per heavy atom. The first-order valence-corrected chi connectivity index (χ1v) is 10.0. The number of rotatable bonds is 6. The highest BCUT2D eigenvalue weighted by Crippen LogP contribution is 2.24. The first-order valence-electron chi connectivity index (χ1n) is 8.16. The second-order valence-corrected chi connectivity index (χ2v) is 8.12. The van der Waals surface area contributed by atoms with Crippen molar-refractivity contribution in [2.24, 2.45) is 0 Å². The van der Waals surface area contributed by atoms with Gasteiger partial charge < -0.3 is 4.74 Å². The van der Waals surface area contributed by atoms with Crippen LogP contribution in [0.1, 0.15) is 17.5 Å². The van der Waals surface area contributed by atoms with Crippen LogP contribution in [0.4, 0.5) is 0 Å². The highest BCUT2D eigenvalue weighted by Gasteiger charge is 2.24. The first kappa shape index (κ1) is 18.0. The Balaban J connectivity index is 1.55. The predicted molar refractivity (Wildman–Crippen MR) is 100 cm³/mol. The minimum atomic E-state index is -3.43. The Morgan fingerprint density at radius 3 is 2.72 bits per heavy atom. The van der Waals surface area contributed by atoms with Gasteiger partial charge in [0.15, 0.2) is 0 Å². The number of sulfonamides is 1. The summed E-state index contributed by atoms with van der Waals surface area (Å²) in [6.45, 7) is 1.29. The molecule has 0 aromatic heterocycles. The molecule has 3 rings (SSSR count). The highest BCUT2D eigenvalue weighted by molar-refractivity contribution is 7.92. The van der Waals surface area contributed by atoms with Crippen LogP contribution in [0.3, 0.4) is 0 Å². The third kappa shape index (κ3) is 4.84. The van der Waals surface area contributed by atoms with Gasteiger partial charge in [-0.05, 0) is 41.8 Å². The number of nitrogens with zero attached hydrogens (tertiary/aromatic N) is 1. The zero-order chi connectivity index (χ0) is 17.7. The molecule has 2 aromatic carbocycles. The standard InChI is InChI=1S/C19H20ClNO3S/c20-18-9-8-16-10-11-21(15-17(16)14-18)25(22,23)13-5-4-12-24-19-6-2-1-3-7-19/h1-3,5-9,13-14H,4,10-12,15H2/b13-5+. The molecule has 0 saturated carbocycles. The highest BCUT2D eigenvalue weighted by atomic mass is 35.5. The van der Waals surface area contributed by atoms with Crippen LogP contribution in [0.5, 0.6) is 5.75 Å². The molecule has 0 amide bonds. The Labute approximate surface area is 153 Å². The molecule has 4 nitrogen and oxygen atoms in total. The normalized spacial score (nSPS) is 15.2. The van der Waals surface area contributed by atoms with E-state index in [0.717, 1.165) is 16.9 Å². The van der Waals surface area contributed by atoms with E-state index in [4.69, 9.17) is 16.3 Å². The lowest BCUT2D eigenvalue weighted by molar-refractivity contribution is 0.325.